The number of aromatic nitrogens is 2. The molecule has 1 aliphatic rings. The Hall–Kier alpha value is -0.870. The Morgan fingerprint density at radius 3 is 2.72 bits per heavy atom. The molecule has 0 aliphatic heterocycles. The van der Waals surface area contributed by atoms with E-state index in [0.29, 0.717) is 6.04 Å². The number of rotatable bonds is 6. The third kappa shape index (κ3) is 2.59. The molecule has 1 heterocycles. The van der Waals surface area contributed by atoms with Crippen LogP contribution in [-0.4, -0.2) is 34.8 Å². The number of methoxy groups -OCH3 is 1. The summed E-state index contributed by atoms with van der Waals surface area (Å²) in [6.07, 6.45) is 9.67. The molecule has 4 heteroatoms. The van der Waals surface area contributed by atoms with Gasteiger partial charge < -0.3 is 14.6 Å². The molecule has 1 saturated carbocycles. The molecule has 0 saturated heterocycles. The summed E-state index contributed by atoms with van der Waals surface area (Å²) in [6.45, 7) is 3.13. The van der Waals surface area contributed by atoms with Crippen molar-refractivity contribution in [2.75, 3.05) is 13.7 Å². The predicted molar refractivity (Wildman–Crippen MR) is 72.6 cm³/mol. The summed E-state index contributed by atoms with van der Waals surface area (Å²) >= 11 is 0. The Balaban J connectivity index is 2.14. The van der Waals surface area contributed by atoms with Gasteiger partial charge in [0.1, 0.15) is 5.82 Å². The zero-order chi connectivity index (χ0) is 13.0. The zero-order valence-corrected chi connectivity index (χ0v) is 11.8. The number of aryl methyl sites for hydroxylation is 1. The van der Waals surface area contributed by atoms with Gasteiger partial charge in [-0.2, -0.15) is 0 Å². The molecule has 102 valence electrons. The number of ether oxygens (including phenoxy) is 1. The minimum Gasteiger partial charge on any atom is -0.377 e. The Bertz CT molecular complexity index is 369. The summed E-state index contributed by atoms with van der Waals surface area (Å²) in [4.78, 5) is 4.44. The highest BCUT2D eigenvalue weighted by molar-refractivity contribution is 5.03. The molecule has 1 atom stereocenters. The number of hydrogen-bond donors (Lipinski definition) is 1. The van der Waals surface area contributed by atoms with Crippen LogP contribution in [0.5, 0.6) is 0 Å². The minimum atomic E-state index is 0.00194. The monoisotopic (exact) mass is 251 g/mol. The van der Waals surface area contributed by atoms with Gasteiger partial charge >= 0.3 is 0 Å². The largest absolute Gasteiger partial charge is 0.377 e. The summed E-state index contributed by atoms with van der Waals surface area (Å²) < 4.78 is 8.00. The van der Waals surface area contributed by atoms with Crippen LogP contribution in [0.3, 0.4) is 0 Å². The quantitative estimate of drug-likeness (QED) is 0.839. The third-order valence-corrected chi connectivity index (χ3v) is 4.25. The first kappa shape index (κ1) is 13.6. The molecule has 18 heavy (non-hydrogen) atoms. The van der Waals surface area contributed by atoms with Crippen molar-refractivity contribution in [1.82, 2.24) is 14.9 Å². The molecule has 1 fully saturated rings. The minimum absolute atomic E-state index is 0.00194. The van der Waals surface area contributed by atoms with E-state index < -0.39 is 0 Å². The highest BCUT2D eigenvalue weighted by Crippen LogP contribution is 2.36. The number of nitrogens with one attached hydrogen (secondary N) is 1. The van der Waals surface area contributed by atoms with E-state index in [2.05, 4.69) is 28.8 Å². The van der Waals surface area contributed by atoms with E-state index in [-0.39, 0.29) is 5.60 Å². The van der Waals surface area contributed by atoms with Gasteiger partial charge in [-0.05, 0) is 19.4 Å². The van der Waals surface area contributed by atoms with Gasteiger partial charge in [-0.15, -0.1) is 0 Å². The molecule has 1 aliphatic carbocycles. The first-order valence-electron chi connectivity index (χ1n) is 6.96. The second kappa shape index (κ2) is 5.85. The van der Waals surface area contributed by atoms with E-state index >= 15 is 0 Å². The van der Waals surface area contributed by atoms with Crippen molar-refractivity contribution >= 4 is 0 Å². The molecule has 1 N–H and O–H groups in total. The van der Waals surface area contributed by atoms with Crippen molar-refractivity contribution in [1.29, 1.82) is 0 Å². The lowest BCUT2D eigenvalue weighted by Gasteiger charge is -2.36. The SMILES string of the molecule is CCNC(Cc1nccn1C)C1(OC)CCCC1. The van der Waals surface area contributed by atoms with Crippen molar-refractivity contribution in [3.05, 3.63) is 18.2 Å². The normalized spacial score (nSPS) is 20.2. The van der Waals surface area contributed by atoms with Gasteiger partial charge in [-0.1, -0.05) is 19.8 Å². The Kier molecular flexibility index (Phi) is 4.40. The van der Waals surface area contributed by atoms with Crippen LogP contribution in [0.15, 0.2) is 12.4 Å². The van der Waals surface area contributed by atoms with Crippen molar-refractivity contribution in [2.24, 2.45) is 7.05 Å². The fourth-order valence-electron chi connectivity index (χ4n) is 3.13. The maximum Gasteiger partial charge on any atom is 0.110 e. The molecule has 0 bridgehead atoms. The molecule has 0 spiro atoms. The third-order valence-electron chi connectivity index (χ3n) is 4.25. The van der Waals surface area contributed by atoms with Crippen LogP contribution in [-0.2, 0) is 18.2 Å². The number of hydrogen-bond acceptors (Lipinski definition) is 3. The maximum absolute atomic E-state index is 5.90. The smallest absolute Gasteiger partial charge is 0.110 e. The van der Waals surface area contributed by atoms with E-state index in [4.69, 9.17) is 4.74 Å². The second-order valence-electron chi connectivity index (χ2n) is 5.24. The standard InChI is InChI=1S/C14H25N3O/c1-4-15-12(11-13-16-9-10-17(13)2)14(18-3)7-5-6-8-14/h9-10,12,15H,4-8,11H2,1-3H3. The summed E-state index contributed by atoms with van der Waals surface area (Å²) in [5.74, 6) is 1.13. The van der Waals surface area contributed by atoms with Gasteiger partial charge in [0.25, 0.3) is 0 Å². The van der Waals surface area contributed by atoms with Crippen molar-refractivity contribution < 1.29 is 4.74 Å². The first-order chi connectivity index (χ1) is 8.72. The molecule has 0 radical (unpaired) electrons. The van der Waals surface area contributed by atoms with Crippen LogP contribution in [0.2, 0.25) is 0 Å². The lowest BCUT2D eigenvalue weighted by atomic mass is 9.89. The van der Waals surface area contributed by atoms with E-state index in [9.17, 15) is 0 Å². The Morgan fingerprint density at radius 1 is 1.50 bits per heavy atom. The molecule has 0 amide bonds. The fraction of sp³-hybridized carbons (Fsp3) is 0.786. The molecule has 1 unspecified atom stereocenters. The average molecular weight is 251 g/mol. The van der Waals surface area contributed by atoms with Crippen molar-refractivity contribution in [3.63, 3.8) is 0 Å². The molecule has 4 nitrogen and oxygen atoms in total. The molecule has 1 aromatic heterocycles. The van der Waals surface area contributed by atoms with E-state index in [0.717, 1.165) is 31.6 Å². The summed E-state index contributed by atoms with van der Waals surface area (Å²) in [7, 11) is 3.91. The predicted octanol–water partition coefficient (Wildman–Crippen LogP) is 1.90. The van der Waals surface area contributed by atoms with Crippen molar-refractivity contribution in [2.45, 2.75) is 50.7 Å². The van der Waals surface area contributed by atoms with E-state index in [1.54, 1.807) is 0 Å². The fourth-order valence-corrected chi connectivity index (χ4v) is 3.13. The van der Waals surface area contributed by atoms with Gasteiger partial charge in [0.05, 0.1) is 5.60 Å². The van der Waals surface area contributed by atoms with Crippen LogP contribution >= 0.6 is 0 Å². The van der Waals surface area contributed by atoms with E-state index in [1.807, 2.05) is 19.5 Å². The Labute approximate surface area is 110 Å². The highest BCUT2D eigenvalue weighted by Gasteiger charge is 2.41. The Morgan fingerprint density at radius 2 is 2.22 bits per heavy atom. The topological polar surface area (TPSA) is 39.1 Å². The summed E-state index contributed by atoms with van der Waals surface area (Å²) in [6, 6.07) is 0.358. The zero-order valence-electron chi connectivity index (χ0n) is 11.8. The van der Waals surface area contributed by atoms with Gasteiger partial charge in [-0.25, -0.2) is 4.98 Å². The number of imidazole rings is 1. The summed E-state index contributed by atoms with van der Waals surface area (Å²) in [5, 5.41) is 3.60. The maximum atomic E-state index is 5.90. The van der Waals surface area contributed by atoms with Gasteiger partial charge in [-0.3, -0.25) is 0 Å². The van der Waals surface area contributed by atoms with Crippen LogP contribution in [0.4, 0.5) is 0 Å². The second-order valence-corrected chi connectivity index (χ2v) is 5.24. The van der Waals surface area contributed by atoms with Gasteiger partial charge in [0.15, 0.2) is 0 Å². The van der Waals surface area contributed by atoms with Crippen LogP contribution in [0, 0.1) is 0 Å². The van der Waals surface area contributed by atoms with Gasteiger partial charge in [0.2, 0.25) is 0 Å². The van der Waals surface area contributed by atoms with Crippen LogP contribution in [0.1, 0.15) is 38.4 Å². The first-order valence-corrected chi connectivity index (χ1v) is 6.96. The molecular formula is C14H25N3O. The molecule has 2 rings (SSSR count). The summed E-state index contributed by atoms with van der Waals surface area (Å²) in [5.41, 5.74) is 0.00194. The van der Waals surface area contributed by atoms with Crippen LogP contribution in [0.25, 0.3) is 0 Å². The van der Waals surface area contributed by atoms with E-state index in [1.165, 1.54) is 12.8 Å². The highest BCUT2D eigenvalue weighted by atomic mass is 16.5. The van der Waals surface area contributed by atoms with Crippen molar-refractivity contribution in [3.8, 4) is 0 Å². The lowest BCUT2D eigenvalue weighted by Crippen LogP contribution is -2.52. The average Bonchev–Trinajstić information content (AvgIpc) is 2.99. The molecule has 0 aromatic carbocycles. The van der Waals surface area contributed by atoms with Crippen LogP contribution < -0.4 is 5.32 Å². The van der Waals surface area contributed by atoms with Gasteiger partial charge in [0, 0.05) is 39.0 Å². The molecule has 1 aromatic rings. The lowest BCUT2D eigenvalue weighted by molar-refractivity contribution is -0.0357. The molecular weight excluding hydrogens is 226 g/mol. The number of nitrogens with zero attached hydrogens (tertiary/aromatic N) is 2. The number of likely N-dealkylation sites (N-methyl/N-ethyl adjacent to an activating group) is 1.